The van der Waals surface area contributed by atoms with Gasteiger partial charge in [0.05, 0.1) is 7.11 Å². The fourth-order valence-corrected chi connectivity index (χ4v) is 3.22. The highest BCUT2D eigenvalue weighted by Crippen LogP contribution is 2.39. The van der Waals surface area contributed by atoms with Crippen LogP contribution in [0.2, 0.25) is 0 Å². The molecule has 0 radical (unpaired) electrons. The first-order valence-electron chi connectivity index (χ1n) is 6.27. The number of rotatable bonds is 4. The van der Waals surface area contributed by atoms with Crippen molar-refractivity contribution in [2.45, 2.75) is 31.7 Å². The summed E-state index contributed by atoms with van der Waals surface area (Å²) < 4.78 is 6.57. The van der Waals surface area contributed by atoms with Gasteiger partial charge in [0, 0.05) is 16.1 Å². The molecule has 0 saturated heterocycles. The first-order valence-corrected chi connectivity index (χ1v) is 7.06. The van der Waals surface area contributed by atoms with Crippen LogP contribution in [0.4, 0.5) is 0 Å². The van der Waals surface area contributed by atoms with E-state index in [4.69, 9.17) is 4.74 Å². The van der Waals surface area contributed by atoms with Gasteiger partial charge < -0.3 is 10.1 Å². The van der Waals surface area contributed by atoms with Crippen LogP contribution in [-0.4, -0.2) is 14.2 Å². The van der Waals surface area contributed by atoms with Crippen molar-refractivity contribution in [2.75, 3.05) is 14.2 Å². The van der Waals surface area contributed by atoms with Crippen molar-refractivity contribution in [3.8, 4) is 5.75 Å². The number of hydrogen-bond donors (Lipinski definition) is 1. The maximum atomic E-state index is 5.50. The summed E-state index contributed by atoms with van der Waals surface area (Å²) in [5.74, 6) is 1.72. The Hall–Kier alpha value is -0.540. The molecule has 94 valence electrons. The van der Waals surface area contributed by atoms with Gasteiger partial charge in [-0.3, -0.25) is 0 Å². The van der Waals surface area contributed by atoms with Crippen LogP contribution < -0.4 is 10.1 Å². The molecule has 1 aromatic rings. The lowest BCUT2D eigenvalue weighted by Gasteiger charge is -2.25. The van der Waals surface area contributed by atoms with E-state index < -0.39 is 0 Å². The average Bonchev–Trinajstić information content (AvgIpc) is 2.85. The normalized spacial score (nSPS) is 18.3. The summed E-state index contributed by atoms with van der Waals surface area (Å²) in [6.07, 6.45) is 5.37. The van der Waals surface area contributed by atoms with Crippen molar-refractivity contribution in [1.29, 1.82) is 0 Å². The van der Waals surface area contributed by atoms with Crippen molar-refractivity contribution in [2.24, 2.45) is 5.92 Å². The van der Waals surface area contributed by atoms with E-state index in [1.54, 1.807) is 7.11 Å². The second-order valence-corrected chi connectivity index (χ2v) is 5.61. The van der Waals surface area contributed by atoms with Gasteiger partial charge in [0.1, 0.15) is 5.75 Å². The molecule has 1 N–H and O–H groups in total. The molecule has 1 atom stereocenters. The van der Waals surface area contributed by atoms with E-state index in [-0.39, 0.29) is 0 Å². The monoisotopic (exact) mass is 297 g/mol. The van der Waals surface area contributed by atoms with E-state index >= 15 is 0 Å². The van der Waals surface area contributed by atoms with Crippen LogP contribution in [0, 0.1) is 5.92 Å². The van der Waals surface area contributed by atoms with Crippen LogP contribution in [0.1, 0.15) is 37.3 Å². The summed E-state index contributed by atoms with van der Waals surface area (Å²) in [6.45, 7) is 0. The minimum absolute atomic E-state index is 0.417. The Balaban J connectivity index is 2.29. The zero-order valence-electron chi connectivity index (χ0n) is 10.5. The number of nitrogens with one attached hydrogen (secondary N) is 1. The van der Waals surface area contributed by atoms with Crippen molar-refractivity contribution in [3.63, 3.8) is 0 Å². The fraction of sp³-hybridized carbons (Fsp3) is 0.571. The minimum Gasteiger partial charge on any atom is -0.496 e. The quantitative estimate of drug-likeness (QED) is 0.910. The molecule has 0 aromatic heterocycles. The zero-order valence-corrected chi connectivity index (χ0v) is 12.1. The van der Waals surface area contributed by atoms with Gasteiger partial charge in [-0.25, -0.2) is 0 Å². The Kier molecular flexibility index (Phi) is 4.46. The van der Waals surface area contributed by atoms with Crippen molar-refractivity contribution in [1.82, 2.24) is 5.32 Å². The molecule has 1 aliphatic rings. The third-order valence-corrected chi connectivity index (χ3v) is 4.21. The minimum atomic E-state index is 0.417. The third-order valence-electron chi connectivity index (χ3n) is 3.71. The van der Waals surface area contributed by atoms with Gasteiger partial charge in [0.2, 0.25) is 0 Å². The van der Waals surface area contributed by atoms with E-state index in [9.17, 15) is 0 Å². The topological polar surface area (TPSA) is 21.3 Å². The standard InChI is InChI=1S/C14H20BrNO/c1-16-14(10-5-3-4-6-10)12-8-7-11(15)9-13(12)17-2/h7-10,14,16H,3-6H2,1-2H3. The summed E-state index contributed by atoms with van der Waals surface area (Å²) in [5, 5.41) is 3.46. The Morgan fingerprint density at radius 3 is 2.65 bits per heavy atom. The highest BCUT2D eigenvalue weighted by molar-refractivity contribution is 9.10. The highest BCUT2D eigenvalue weighted by Gasteiger charge is 2.27. The van der Waals surface area contributed by atoms with Crippen LogP contribution in [-0.2, 0) is 0 Å². The summed E-state index contributed by atoms with van der Waals surface area (Å²) in [7, 11) is 3.79. The van der Waals surface area contributed by atoms with Gasteiger partial charge in [0.25, 0.3) is 0 Å². The summed E-state index contributed by atoms with van der Waals surface area (Å²) in [5.41, 5.74) is 1.28. The molecule has 2 nitrogen and oxygen atoms in total. The molecule has 0 spiro atoms. The summed E-state index contributed by atoms with van der Waals surface area (Å²) >= 11 is 3.49. The van der Waals surface area contributed by atoms with Gasteiger partial charge in [-0.2, -0.15) is 0 Å². The molecule has 1 saturated carbocycles. The molecule has 1 unspecified atom stereocenters. The van der Waals surface area contributed by atoms with E-state index in [0.29, 0.717) is 6.04 Å². The second-order valence-electron chi connectivity index (χ2n) is 4.70. The fourth-order valence-electron chi connectivity index (χ4n) is 2.88. The third kappa shape index (κ3) is 2.83. The summed E-state index contributed by atoms with van der Waals surface area (Å²) in [6, 6.07) is 6.73. The van der Waals surface area contributed by atoms with Gasteiger partial charge in [-0.1, -0.05) is 34.8 Å². The van der Waals surface area contributed by atoms with Crippen LogP contribution in [0.3, 0.4) is 0 Å². The van der Waals surface area contributed by atoms with Gasteiger partial charge in [-0.15, -0.1) is 0 Å². The molecule has 2 rings (SSSR count). The lowest BCUT2D eigenvalue weighted by atomic mass is 9.91. The van der Waals surface area contributed by atoms with Crippen LogP contribution in [0.25, 0.3) is 0 Å². The van der Waals surface area contributed by atoms with Gasteiger partial charge in [-0.05, 0) is 37.9 Å². The smallest absolute Gasteiger partial charge is 0.124 e. The van der Waals surface area contributed by atoms with Crippen LogP contribution in [0.15, 0.2) is 22.7 Å². The zero-order chi connectivity index (χ0) is 12.3. The van der Waals surface area contributed by atoms with Crippen molar-refractivity contribution >= 4 is 15.9 Å². The maximum Gasteiger partial charge on any atom is 0.124 e. The maximum absolute atomic E-state index is 5.50. The number of hydrogen-bond acceptors (Lipinski definition) is 2. The second kappa shape index (κ2) is 5.87. The van der Waals surface area contributed by atoms with E-state index in [0.717, 1.165) is 16.1 Å². The SMILES string of the molecule is CNC(c1ccc(Br)cc1OC)C1CCCC1. The molecule has 1 aromatic carbocycles. The van der Waals surface area contributed by atoms with Gasteiger partial charge >= 0.3 is 0 Å². The van der Waals surface area contributed by atoms with Crippen molar-refractivity contribution < 1.29 is 4.74 Å². The van der Waals surface area contributed by atoms with Crippen molar-refractivity contribution in [3.05, 3.63) is 28.2 Å². The Morgan fingerprint density at radius 1 is 1.35 bits per heavy atom. The number of ether oxygens (including phenoxy) is 1. The first kappa shape index (κ1) is 12.9. The molecule has 1 fully saturated rings. The van der Waals surface area contributed by atoms with E-state index in [1.807, 2.05) is 7.05 Å². The molecule has 1 aliphatic carbocycles. The molecule has 0 bridgehead atoms. The van der Waals surface area contributed by atoms with Crippen LogP contribution >= 0.6 is 15.9 Å². The highest BCUT2D eigenvalue weighted by atomic mass is 79.9. The molecule has 0 heterocycles. The Bertz CT molecular complexity index is 374. The number of halogens is 1. The number of benzene rings is 1. The Labute approximate surface area is 112 Å². The molecule has 0 aliphatic heterocycles. The molecular weight excluding hydrogens is 278 g/mol. The average molecular weight is 298 g/mol. The predicted octanol–water partition coefficient (Wildman–Crippen LogP) is 3.91. The van der Waals surface area contributed by atoms with E-state index in [2.05, 4.69) is 39.4 Å². The summed E-state index contributed by atoms with van der Waals surface area (Å²) in [4.78, 5) is 0. The lowest BCUT2D eigenvalue weighted by molar-refractivity contribution is 0.359. The Morgan fingerprint density at radius 2 is 2.06 bits per heavy atom. The lowest BCUT2D eigenvalue weighted by Crippen LogP contribution is -2.24. The molecule has 3 heteroatoms. The molecule has 17 heavy (non-hydrogen) atoms. The van der Waals surface area contributed by atoms with Gasteiger partial charge in [0.15, 0.2) is 0 Å². The molecule has 0 amide bonds. The molecular formula is C14H20BrNO. The van der Waals surface area contributed by atoms with E-state index in [1.165, 1.54) is 31.2 Å². The number of methoxy groups -OCH3 is 1. The first-order chi connectivity index (χ1) is 8.26. The van der Waals surface area contributed by atoms with Crippen LogP contribution in [0.5, 0.6) is 5.75 Å². The predicted molar refractivity (Wildman–Crippen MR) is 74.5 cm³/mol. The largest absolute Gasteiger partial charge is 0.496 e.